The molecule has 6 nitrogen and oxygen atoms in total. The van der Waals surface area contributed by atoms with Crippen molar-refractivity contribution >= 4 is 21.8 Å². The first-order valence-corrected chi connectivity index (χ1v) is 10.8. The van der Waals surface area contributed by atoms with Crippen molar-refractivity contribution in [3.63, 3.8) is 0 Å². The molecule has 8 heteroatoms. The standard InChI is InChI=1S/C21H28FN3O3S/c1-16(2)18-7-5-17(6-8-18)13-14-23-21(26)15-25(29(27,28)24(3)4)20-11-9-19(22)10-12-20/h5-12,16H,13-15H2,1-4H3,(H,23,26). The molecule has 0 saturated carbocycles. The van der Waals surface area contributed by atoms with E-state index in [2.05, 4.69) is 31.3 Å². The molecule has 0 aliphatic carbocycles. The lowest BCUT2D eigenvalue weighted by atomic mass is 10.0. The minimum atomic E-state index is -3.91. The third kappa shape index (κ3) is 6.27. The second-order valence-corrected chi connectivity index (χ2v) is 9.34. The third-order valence-corrected chi connectivity index (χ3v) is 6.34. The van der Waals surface area contributed by atoms with Crippen LogP contribution in [0.5, 0.6) is 0 Å². The lowest BCUT2D eigenvalue weighted by molar-refractivity contribution is -0.119. The van der Waals surface area contributed by atoms with Gasteiger partial charge >= 0.3 is 10.2 Å². The molecule has 0 fully saturated rings. The number of rotatable bonds is 9. The predicted molar refractivity (Wildman–Crippen MR) is 114 cm³/mol. The van der Waals surface area contributed by atoms with Crippen LogP contribution in [-0.2, 0) is 21.4 Å². The zero-order valence-corrected chi connectivity index (χ0v) is 18.0. The van der Waals surface area contributed by atoms with Crippen LogP contribution in [0.2, 0.25) is 0 Å². The summed E-state index contributed by atoms with van der Waals surface area (Å²) in [6, 6.07) is 13.2. The third-order valence-electron chi connectivity index (χ3n) is 4.52. The first-order valence-electron chi connectivity index (χ1n) is 9.42. The highest BCUT2D eigenvalue weighted by atomic mass is 32.2. The predicted octanol–water partition coefficient (Wildman–Crippen LogP) is 2.92. The zero-order valence-electron chi connectivity index (χ0n) is 17.2. The first-order chi connectivity index (χ1) is 13.6. The Morgan fingerprint density at radius 2 is 1.62 bits per heavy atom. The van der Waals surface area contributed by atoms with Crippen LogP contribution in [0.15, 0.2) is 48.5 Å². The molecular weight excluding hydrogens is 393 g/mol. The fourth-order valence-corrected chi connectivity index (χ4v) is 3.78. The summed E-state index contributed by atoms with van der Waals surface area (Å²) in [5.41, 5.74) is 2.56. The molecule has 1 N–H and O–H groups in total. The Morgan fingerprint density at radius 1 is 1.03 bits per heavy atom. The van der Waals surface area contributed by atoms with Crippen molar-refractivity contribution in [2.45, 2.75) is 26.2 Å². The van der Waals surface area contributed by atoms with E-state index in [9.17, 15) is 17.6 Å². The molecule has 2 rings (SSSR count). The SMILES string of the molecule is CC(C)c1ccc(CCNC(=O)CN(c2ccc(F)cc2)S(=O)(=O)N(C)C)cc1. The van der Waals surface area contributed by atoms with Crippen molar-refractivity contribution in [1.29, 1.82) is 0 Å². The van der Waals surface area contributed by atoms with Crippen molar-refractivity contribution in [2.24, 2.45) is 0 Å². The Balaban J connectivity index is 2.01. The summed E-state index contributed by atoms with van der Waals surface area (Å²) < 4.78 is 40.4. The van der Waals surface area contributed by atoms with Crippen molar-refractivity contribution in [2.75, 3.05) is 31.5 Å². The summed E-state index contributed by atoms with van der Waals surface area (Å²) in [6.07, 6.45) is 0.640. The topological polar surface area (TPSA) is 69.7 Å². The number of halogens is 1. The molecule has 0 saturated heterocycles. The number of hydrogen-bond acceptors (Lipinski definition) is 3. The maximum Gasteiger partial charge on any atom is 0.304 e. The Labute approximate surface area is 172 Å². The molecule has 0 radical (unpaired) electrons. The maximum absolute atomic E-state index is 13.2. The highest BCUT2D eigenvalue weighted by molar-refractivity contribution is 7.90. The Hall–Kier alpha value is -2.45. The van der Waals surface area contributed by atoms with Gasteiger partial charge in [0.25, 0.3) is 0 Å². The van der Waals surface area contributed by atoms with Gasteiger partial charge in [-0.3, -0.25) is 4.79 Å². The summed E-state index contributed by atoms with van der Waals surface area (Å²) in [7, 11) is -1.15. The van der Waals surface area contributed by atoms with E-state index in [-0.39, 0.29) is 5.69 Å². The van der Waals surface area contributed by atoms with Gasteiger partial charge in [0.05, 0.1) is 5.69 Å². The van der Waals surface area contributed by atoms with Crippen LogP contribution in [0, 0.1) is 5.82 Å². The average molecular weight is 422 g/mol. The van der Waals surface area contributed by atoms with Crippen LogP contribution in [-0.4, -0.2) is 45.8 Å². The average Bonchev–Trinajstić information content (AvgIpc) is 2.67. The molecule has 0 spiro atoms. The lowest BCUT2D eigenvalue weighted by Gasteiger charge is -2.26. The molecule has 0 heterocycles. The summed E-state index contributed by atoms with van der Waals surface area (Å²) in [6.45, 7) is 4.26. The molecule has 29 heavy (non-hydrogen) atoms. The number of benzene rings is 2. The number of nitrogens with one attached hydrogen (secondary N) is 1. The normalized spacial score (nSPS) is 11.7. The van der Waals surface area contributed by atoms with Crippen LogP contribution in [0.3, 0.4) is 0 Å². The molecule has 0 aliphatic rings. The fourth-order valence-electron chi connectivity index (χ4n) is 2.71. The highest BCUT2D eigenvalue weighted by Gasteiger charge is 2.27. The number of anilines is 1. The van der Waals surface area contributed by atoms with E-state index in [0.29, 0.717) is 18.9 Å². The van der Waals surface area contributed by atoms with E-state index in [1.54, 1.807) is 0 Å². The Bertz CT molecular complexity index is 911. The molecule has 0 aliphatic heterocycles. The summed E-state index contributed by atoms with van der Waals surface area (Å²) in [5, 5.41) is 2.75. The van der Waals surface area contributed by atoms with E-state index in [1.807, 2.05) is 12.1 Å². The van der Waals surface area contributed by atoms with Crippen molar-refractivity contribution in [3.05, 3.63) is 65.5 Å². The molecular formula is C21H28FN3O3S. The van der Waals surface area contributed by atoms with Gasteiger partial charge in [0.1, 0.15) is 12.4 Å². The molecule has 0 aromatic heterocycles. The van der Waals surface area contributed by atoms with Crippen LogP contribution >= 0.6 is 0 Å². The molecule has 2 aromatic carbocycles. The number of nitrogens with zero attached hydrogens (tertiary/aromatic N) is 2. The molecule has 158 valence electrons. The van der Waals surface area contributed by atoms with Gasteiger partial charge in [-0.15, -0.1) is 0 Å². The minimum absolute atomic E-state index is 0.222. The molecule has 2 aromatic rings. The van der Waals surface area contributed by atoms with Gasteiger partial charge in [-0.05, 0) is 47.7 Å². The van der Waals surface area contributed by atoms with E-state index in [1.165, 1.54) is 31.8 Å². The minimum Gasteiger partial charge on any atom is -0.354 e. The largest absolute Gasteiger partial charge is 0.354 e. The van der Waals surface area contributed by atoms with Gasteiger partial charge in [-0.1, -0.05) is 38.1 Å². The number of amides is 1. The number of carbonyl (C=O) groups is 1. The second kappa shape index (κ2) is 9.84. The van der Waals surface area contributed by atoms with Gasteiger partial charge in [-0.2, -0.15) is 12.7 Å². The number of hydrogen-bond donors (Lipinski definition) is 1. The molecule has 0 atom stereocenters. The van der Waals surface area contributed by atoms with Gasteiger partial charge in [0.2, 0.25) is 5.91 Å². The maximum atomic E-state index is 13.2. The Morgan fingerprint density at radius 3 is 2.14 bits per heavy atom. The van der Waals surface area contributed by atoms with Crippen LogP contribution < -0.4 is 9.62 Å². The van der Waals surface area contributed by atoms with Crippen LogP contribution in [0.4, 0.5) is 10.1 Å². The lowest BCUT2D eigenvalue weighted by Crippen LogP contribution is -2.46. The Kier molecular flexibility index (Phi) is 7.75. The van der Waals surface area contributed by atoms with Gasteiger partial charge in [0.15, 0.2) is 0 Å². The van der Waals surface area contributed by atoms with Gasteiger partial charge < -0.3 is 5.32 Å². The van der Waals surface area contributed by atoms with Gasteiger partial charge in [-0.25, -0.2) is 8.70 Å². The van der Waals surface area contributed by atoms with E-state index < -0.39 is 28.5 Å². The second-order valence-electron chi connectivity index (χ2n) is 7.27. The van der Waals surface area contributed by atoms with Crippen molar-refractivity contribution in [1.82, 2.24) is 9.62 Å². The molecule has 0 bridgehead atoms. The summed E-state index contributed by atoms with van der Waals surface area (Å²) >= 11 is 0. The first kappa shape index (κ1) is 22.8. The smallest absolute Gasteiger partial charge is 0.304 e. The van der Waals surface area contributed by atoms with E-state index >= 15 is 0 Å². The van der Waals surface area contributed by atoms with E-state index in [0.717, 1.165) is 26.3 Å². The van der Waals surface area contributed by atoms with Gasteiger partial charge in [0, 0.05) is 20.6 Å². The van der Waals surface area contributed by atoms with Crippen LogP contribution in [0.1, 0.15) is 30.9 Å². The summed E-state index contributed by atoms with van der Waals surface area (Å²) in [4.78, 5) is 12.4. The number of carbonyl (C=O) groups excluding carboxylic acids is 1. The summed E-state index contributed by atoms with van der Waals surface area (Å²) in [5.74, 6) is -0.456. The fraction of sp³-hybridized carbons (Fsp3) is 0.381. The van der Waals surface area contributed by atoms with Crippen LogP contribution in [0.25, 0.3) is 0 Å². The highest BCUT2D eigenvalue weighted by Crippen LogP contribution is 2.19. The molecule has 0 unspecified atom stereocenters. The van der Waals surface area contributed by atoms with E-state index in [4.69, 9.17) is 0 Å². The zero-order chi connectivity index (χ0) is 21.6. The van der Waals surface area contributed by atoms with Crippen molar-refractivity contribution < 1.29 is 17.6 Å². The quantitative estimate of drug-likeness (QED) is 0.677. The monoisotopic (exact) mass is 421 g/mol. The van der Waals surface area contributed by atoms with Crippen molar-refractivity contribution in [3.8, 4) is 0 Å². The molecule has 1 amide bonds.